The fourth-order valence-electron chi connectivity index (χ4n) is 4.12. The van der Waals surface area contributed by atoms with Gasteiger partial charge in [-0.2, -0.15) is 0 Å². The first kappa shape index (κ1) is 23.2. The third-order valence-electron chi connectivity index (χ3n) is 6.01. The number of carbonyl (C=O) groups is 2. The van der Waals surface area contributed by atoms with E-state index in [1.165, 1.54) is 18.3 Å². The van der Waals surface area contributed by atoms with Crippen molar-refractivity contribution in [2.75, 3.05) is 23.9 Å². The second-order valence-electron chi connectivity index (χ2n) is 8.34. The maximum absolute atomic E-state index is 13.5. The Morgan fingerprint density at radius 3 is 2.25 bits per heavy atom. The Hall–Kier alpha value is -4.59. The zero-order chi connectivity index (χ0) is 25.1. The first-order chi connectivity index (χ1) is 17.5. The summed E-state index contributed by atoms with van der Waals surface area (Å²) in [5.74, 6) is 0.365. The number of anilines is 2. The number of ether oxygens (including phenoxy) is 1. The minimum atomic E-state index is -0.348. The van der Waals surface area contributed by atoms with Gasteiger partial charge in [0.05, 0.1) is 24.7 Å². The number of methoxy groups -OCH3 is 1. The summed E-state index contributed by atoms with van der Waals surface area (Å²) in [6.45, 7) is 0.689. The van der Waals surface area contributed by atoms with Crippen LogP contribution in [0.2, 0.25) is 0 Å². The summed E-state index contributed by atoms with van der Waals surface area (Å²) < 4.78 is 18.7. The van der Waals surface area contributed by atoms with Crippen molar-refractivity contribution in [1.82, 2.24) is 9.97 Å². The van der Waals surface area contributed by atoms with Crippen molar-refractivity contribution in [2.45, 2.75) is 12.8 Å². The number of carbonyl (C=O) groups excluding carboxylic acids is 2. The Kier molecular flexibility index (Phi) is 6.40. The predicted octanol–water partition coefficient (Wildman–Crippen LogP) is 5.34. The van der Waals surface area contributed by atoms with Gasteiger partial charge in [-0.1, -0.05) is 0 Å². The second-order valence-corrected chi connectivity index (χ2v) is 8.34. The van der Waals surface area contributed by atoms with Gasteiger partial charge in [0.25, 0.3) is 5.91 Å². The molecule has 0 atom stereocenters. The molecular weight excluding hydrogens is 459 g/mol. The number of nitrogens with zero attached hydrogens (tertiary/aromatic N) is 3. The van der Waals surface area contributed by atoms with Crippen LogP contribution in [0.3, 0.4) is 0 Å². The zero-order valence-corrected chi connectivity index (χ0v) is 19.6. The number of rotatable bonds is 6. The van der Waals surface area contributed by atoms with E-state index in [1.807, 2.05) is 24.3 Å². The van der Waals surface area contributed by atoms with Crippen LogP contribution in [0.5, 0.6) is 5.75 Å². The van der Waals surface area contributed by atoms with Crippen molar-refractivity contribution >= 4 is 23.3 Å². The topological polar surface area (TPSA) is 84.4 Å². The van der Waals surface area contributed by atoms with Gasteiger partial charge in [0.1, 0.15) is 11.6 Å². The van der Waals surface area contributed by atoms with E-state index in [2.05, 4.69) is 15.3 Å². The van der Waals surface area contributed by atoms with Gasteiger partial charge in [0, 0.05) is 35.3 Å². The van der Waals surface area contributed by atoms with Crippen LogP contribution in [0, 0.1) is 5.82 Å². The van der Waals surface area contributed by atoms with Gasteiger partial charge in [-0.3, -0.25) is 14.6 Å². The van der Waals surface area contributed by atoms with Gasteiger partial charge >= 0.3 is 0 Å². The van der Waals surface area contributed by atoms with Crippen molar-refractivity contribution in [3.63, 3.8) is 0 Å². The Bertz CT molecular complexity index is 1400. The predicted molar refractivity (Wildman–Crippen MR) is 135 cm³/mol. The molecule has 0 aliphatic carbocycles. The van der Waals surface area contributed by atoms with Crippen molar-refractivity contribution in [3.05, 3.63) is 90.4 Å². The molecule has 36 heavy (non-hydrogen) atoms. The lowest BCUT2D eigenvalue weighted by atomic mass is 10.0. The Morgan fingerprint density at radius 2 is 1.61 bits per heavy atom. The molecule has 2 amide bonds. The average molecular weight is 483 g/mol. The maximum atomic E-state index is 13.5. The van der Waals surface area contributed by atoms with E-state index in [0.717, 1.165) is 17.7 Å². The van der Waals surface area contributed by atoms with Gasteiger partial charge in [-0.05, 0) is 79.2 Å². The summed E-state index contributed by atoms with van der Waals surface area (Å²) in [6, 6.07) is 20.2. The third-order valence-corrected chi connectivity index (χ3v) is 6.01. The molecule has 1 saturated heterocycles. The van der Waals surface area contributed by atoms with Crippen LogP contribution in [-0.2, 0) is 4.79 Å². The molecular formula is C28H23FN4O3. The molecule has 4 aromatic rings. The molecule has 5 rings (SSSR count). The molecule has 3 aromatic carbocycles. The lowest BCUT2D eigenvalue weighted by Crippen LogP contribution is -2.23. The average Bonchev–Trinajstić information content (AvgIpc) is 3.35. The quantitative estimate of drug-likeness (QED) is 0.401. The highest BCUT2D eigenvalue weighted by Gasteiger charge is 2.22. The van der Waals surface area contributed by atoms with Gasteiger partial charge in [0.2, 0.25) is 5.91 Å². The van der Waals surface area contributed by atoms with Crippen molar-refractivity contribution in [3.8, 4) is 28.3 Å². The highest BCUT2D eigenvalue weighted by atomic mass is 19.1. The minimum absolute atomic E-state index is 0.0924. The smallest absolute Gasteiger partial charge is 0.256 e. The van der Waals surface area contributed by atoms with Crippen LogP contribution in [-0.4, -0.2) is 35.4 Å². The number of hydrogen-bond donors (Lipinski definition) is 1. The molecule has 1 N–H and O–H groups in total. The number of benzene rings is 3. The molecule has 0 unspecified atom stereocenters. The molecule has 180 valence electrons. The van der Waals surface area contributed by atoms with Crippen LogP contribution in [0.25, 0.3) is 22.5 Å². The van der Waals surface area contributed by atoms with E-state index >= 15 is 0 Å². The lowest BCUT2D eigenvalue weighted by Gasteiger charge is -2.16. The third kappa shape index (κ3) is 4.79. The molecule has 0 bridgehead atoms. The lowest BCUT2D eigenvalue weighted by molar-refractivity contribution is -0.117. The number of nitrogens with one attached hydrogen (secondary N) is 1. The van der Waals surface area contributed by atoms with Crippen LogP contribution >= 0.6 is 0 Å². The monoisotopic (exact) mass is 482 g/mol. The standard InChI is InChI=1S/C28H23FN4O3/c1-36-23-14-8-19(9-15-23)27-26(18-4-10-21(29)11-5-18)30-17-24(31-27)32-28(35)20-6-12-22(13-7-20)33-16-2-3-25(33)34/h4-15,17H,2-3,16H2,1H3,(H,31,32,35). The molecule has 2 heterocycles. The van der Waals surface area contributed by atoms with E-state index in [-0.39, 0.29) is 23.4 Å². The molecule has 0 radical (unpaired) electrons. The fraction of sp³-hybridized carbons (Fsp3) is 0.143. The number of aromatic nitrogens is 2. The second kappa shape index (κ2) is 9.95. The molecule has 1 aliphatic rings. The molecule has 7 nitrogen and oxygen atoms in total. The number of hydrogen-bond acceptors (Lipinski definition) is 5. The van der Waals surface area contributed by atoms with Crippen molar-refractivity contribution in [1.29, 1.82) is 0 Å². The molecule has 0 saturated carbocycles. The summed E-state index contributed by atoms with van der Waals surface area (Å²) in [5.41, 5.74) is 3.75. The van der Waals surface area contributed by atoms with Gasteiger partial charge in [-0.15, -0.1) is 0 Å². The largest absolute Gasteiger partial charge is 0.497 e. The zero-order valence-electron chi connectivity index (χ0n) is 19.6. The van der Waals surface area contributed by atoms with E-state index < -0.39 is 0 Å². The SMILES string of the molecule is COc1ccc(-c2nc(NC(=O)c3ccc(N4CCCC4=O)cc3)cnc2-c2ccc(F)cc2)cc1. The summed E-state index contributed by atoms with van der Waals surface area (Å²) in [6.07, 6.45) is 2.86. The van der Waals surface area contributed by atoms with Crippen LogP contribution in [0.15, 0.2) is 79.0 Å². The molecule has 8 heteroatoms. The highest BCUT2D eigenvalue weighted by Crippen LogP contribution is 2.31. The first-order valence-corrected chi connectivity index (χ1v) is 11.5. The van der Waals surface area contributed by atoms with Gasteiger partial charge in [-0.25, -0.2) is 9.37 Å². The summed E-state index contributed by atoms with van der Waals surface area (Å²) >= 11 is 0. The summed E-state index contributed by atoms with van der Waals surface area (Å²) in [4.78, 5) is 35.8. The Morgan fingerprint density at radius 1 is 0.944 bits per heavy atom. The van der Waals surface area contributed by atoms with E-state index in [1.54, 1.807) is 48.4 Å². The van der Waals surface area contributed by atoms with Crippen LogP contribution < -0.4 is 15.0 Å². The Balaban J connectivity index is 1.43. The maximum Gasteiger partial charge on any atom is 0.256 e. The van der Waals surface area contributed by atoms with E-state index in [9.17, 15) is 14.0 Å². The fourth-order valence-corrected chi connectivity index (χ4v) is 4.12. The normalized spacial score (nSPS) is 13.1. The molecule has 1 fully saturated rings. The van der Waals surface area contributed by atoms with Crippen LogP contribution in [0.4, 0.5) is 15.9 Å². The Labute approximate surface area is 207 Å². The van der Waals surface area contributed by atoms with Crippen molar-refractivity contribution in [2.24, 2.45) is 0 Å². The molecule has 1 aliphatic heterocycles. The van der Waals surface area contributed by atoms with E-state index in [0.29, 0.717) is 41.2 Å². The first-order valence-electron chi connectivity index (χ1n) is 11.5. The molecule has 1 aromatic heterocycles. The number of halogens is 1. The summed E-state index contributed by atoms with van der Waals surface area (Å²) in [7, 11) is 1.59. The summed E-state index contributed by atoms with van der Waals surface area (Å²) in [5, 5.41) is 2.80. The highest BCUT2D eigenvalue weighted by molar-refractivity contribution is 6.04. The van der Waals surface area contributed by atoms with Gasteiger partial charge in [0.15, 0.2) is 5.82 Å². The van der Waals surface area contributed by atoms with Gasteiger partial charge < -0.3 is 15.0 Å². The van der Waals surface area contributed by atoms with E-state index in [4.69, 9.17) is 4.74 Å². The van der Waals surface area contributed by atoms with Crippen LogP contribution in [0.1, 0.15) is 23.2 Å². The number of amides is 2. The molecule has 0 spiro atoms. The minimum Gasteiger partial charge on any atom is -0.497 e. The van der Waals surface area contributed by atoms with Crippen molar-refractivity contribution < 1.29 is 18.7 Å².